The van der Waals surface area contributed by atoms with Gasteiger partial charge in [0, 0.05) is 11.3 Å². The van der Waals surface area contributed by atoms with Crippen molar-refractivity contribution in [2.75, 3.05) is 19.4 Å². The lowest BCUT2D eigenvalue weighted by Crippen LogP contribution is -2.45. The summed E-state index contributed by atoms with van der Waals surface area (Å²) in [5.74, 6) is 0.360. The van der Waals surface area contributed by atoms with Gasteiger partial charge in [0.2, 0.25) is 0 Å². The minimum Gasteiger partial charge on any atom is -0.468 e. The molecule has 1 saturated carbocycles. The van der Waals surface area contributed by atoms with Crippen molar-refractivity contribution >= 4 is 17.7 Å². The molecule has 3 nitrogen and oxygen atoms in total. The lowest BCUT2D eigenvalue weighted by atomic mass is 9.75. The number of methoxy groups -OCH3 is 1. The van der Waals surface area contributed by atoms with Crippen LogP contribution in [-0.4, -0.2) is 36.7 Å². The van der Waals surface area contributed by atoms with Gasteiger partial charge in [0.15, 0.2) is 0 Å². The number of hydrogen-bond acceptors (Lipinski definition) is 4. The molecule has 0 bridgehead atoms. The first-order valence-corrected chi connectivity index (χ1v) is 7.95. The highest BCUT2D eigenvalue weighted by Gasteiger charge is 2.35. The van der Waals surface area contributed by atoms with Crippen LogP contribution in [0.3, 0.4) is 0 Å². The van der Waals surface area contributed by atoms with Gasteiger partial charge in [-0.15, -0.1) is 11.8 Å². The molecule has 0 saturated heterocycles. The smallest absolute Gasteiger partial charge is 0.315 e. The van der Waals surface area contributed by atoms with E-state index in [-0.39, 0.29) is 5.97 Å². The Balaban J connectivity index is 2.51. The highest BCUT2D eigenvalue weighted by atomic mass is 32.2. The van der Waals surface area contributed by atoms with E-state index in [4.69, 9.17) is 4.74 Å². The van der Waals surface area contributed by atoms with E-state index in [1.165, 1.54) is 26.4 Å². The maximum atomic E-state index is 11.3. The Kier molecular flexibility index (Phi) is 6.50. The summed E-state index contributed by atoms with van der Waals surface area (Å²) in [6.45, 7) is 7.92. The zero-order chi connectivity index (χ0) is 13.6. The first kappa shape index (κ1) is 15.8. The van der Waals surface area contributed by atoms with E-state index in [1.807, 2.05) is 0 Å². The van der Waals surface area contributed by atoms with Crippen LogP contribution in [0, 0.1) is 5.41 Å². The van der Waals surface area contributed by atoms with Gasteiger partial charge >= 0.3 is 5.97 Å². The predicted octanol–water partition coefficient (Wildman–Crippen LogP) is 2.84. The summed E-state index contributed by atoms with van der Waals surface area (Å²) < 4.78 is 4.73. The second-order valence-electron chi connectivity index (χ2n) is 5.89. The summed E-state index contributed by atoms with van der Waals surface area (Å²) in [5.41, 5.74) is 0.401. The molecular weight excluding hydrogens is 246 g/mol. The third kappa shape index (κ3) is 5.19. The lowest BCUT2D eigenvalue weighted by Gasteiger charge is -2.40. The van der Waals surface area contributed by atoms with E-state index in [9.17, 15) is 4.79 Å². The first-order valence-electron chi connectivity index (χ1n) is 6.90. The molecule has 0 amide bonds. The third-order valence-corrected chi connectivity index (χ3v) is 4.96. The van der Waals surface area contributed by atoms with Gasteiger partial charge in [0.05, 0.1) is 12.9 Å². The van der Waals surface area contributed by atoms with Crippen molar-refractivity contribution in [3.8, 4) is 0 Å². The molecule has 18 heavy (non-hydrogen) atoms. The van der Waals surface area contributed by atoms with Crippen LogP contribution >= 0.6 is 11.8 Å². The Hall–Kier alpha value is -0.220. The maximum absolute atomic E-state index is 11.3. The number of ether oxygens (including phenoxy) is 1. The van der Waals surface area contributed by atoms with Crippen LogP contribution in [0.4, 0.5) is 0 Å². The molecule has 0 aromatic rings. The van der Waals surface area contributed by atoms with Gasteiger partial charge in [-0.05, 0) is 37.6 Å². The molecule has 1 aliphatic rings. The normalized spacial score (nSPS) is 26.9. The summed E-state index contributed by atoms with van der Waals surface area (Å²) in [6.07, 6.45) is 4.82. The number of carbonyl (C=O) groups is 1. The summed E-state index contributed by atoms with van der Waals surface area (Å²) in [4.78, 5) is 11.3. The van der Waals surface area contributed by atoms with Crippen LogP contribution < -0.4 is 5.32 Å². The second-order valence-corrected chi connectivity index (χ2v) is 7.12. The standard InChI is InChI=1S/C14H27NO2S/c1-5-8-15-11-6-7-14(2,3)9-12(11)18-10-13(16)17-4/h11-12,15H,5-10H2,1-4H3. The minimum absolute atomic E-state index is 0.113. The first-order chi connectivity index (χ1) is 8.48. The van der Waals surface area contributed by atoms with Gasteiger partial charge in [0.25, 0.3) is 0 Å². The molecule has 0 aromatic heterocycles. The van der Waals surface area contributed by atoms with Gasteiger partial charge in [-0.2, -0.15) is 0 Å². The largest absolute Gasteiger partial charge is 0.468 e. The van der Waals surface area contributed by atoms with Gasteiger partial charge in [-0.3, -0.25) is 4.79 Å². The number of esters is 1. The van der Waals surface area contributed by atoms with Gasteiger partial charge in [-0.25, -0.2) is 0 Å². The molecule has 4 heteroatoms. The predicted molar refractivity (Wildman–Crippen MR) is 78.0 cm³/mol. The zero-order valence-electron chi connectivity index (χ0n) is 12.1. The number of hydrogen-bond donors (Lipinski definition) is 1. The number of nitrogens with one attached hydrogen (secondary N) is 1. The van der Waals surface area contributed by atoms with Crippen LogP contribution in [-0.2, 0) is 9.53 Å². The van der Waals surface area contributed by atoms with Crippen LogP contribution in [0.5, 0.6) is 0 Å². The molecule has 1 fully saturated rings. The molecule has 2 atom stereocenters. The fourth-order valence-corrected chi connectivity index (χ4v) is 4.00. The van der Waals surface area contributed by atoms with Crippen LogP contribution in [0.15, 0.2) is 0 Å². The van der Waals surface area contributed by atoms with Crippen molar-refractivity contribution in [1.82, 2.24) is 5.32 Å². The monoisotopic (exact) mass is 273 g/mol. The van der Waals surface area contributed by atoms with E-state index in [0.29, 0.717) is 22.5 Å². The average Bonchev–Trinajstić information content (AvgIpc) is 2.34. The molecule has 0 radical (unpaired) electrons. The quantitative estimate of drug-likeness (QED) is 0.755. The van der Waals surface area contributed by atoms with Crippen molar-refractivity contribution in [1.29, 1.82) is 0 Å². The van der Waals surface area contributed by atoms with Gasteiger partial charge in [0.1, 0.15) is 0 Å². The Morgan fingerprint density at radius 3 is 2.83 bits per heavy atom. The highest BCUT2D eigenvalue weighted by molar-refractivity contribution is 8.00. The molecule has 2 unspecified atom stereocenters. The van der Waals surface area contributed by atoms with Crippen molar-refractivity contribution in [2.24, 2.45) is 5.41 Å². The van der Waals surface area contributed by atoms with Gasteiger partial charge in [-0.1, -0.05) is 20.8 Å². The van der Waals surface area contributed by atoms with Crippen molar-refractivity contribution in [2.45, 2.75) is 57.7 Å². The van der Waals surface area contributed by atoms with Crippen molar-refractivity contribution in [3.63, 3.8) is 0 Å². The molecule has 0 spiro atoms. The minimum atomic E-state index is -0.113. The molecule has 0 aromatic carbocycles. The molecule has 0 heterocycles. The Bertz CT molecular complexity index is 269. The Morgan fingerprint density at radius 1 is 1.50 bits per heavy atom. The molecule has 106 valence electrons. The van der Waals surface area contributed by atoms with Crippen LogP contribution in [0.2, 0.25) is 0 Å². The summed E-state index contributed by atoms with van der Waals surface area (Å²) in [6, 6.07) is 0.549. The molecule has 0 aliphatic heterocycles. The van der Waals surface area contributed by atoms with E-state index in [0.717, 1.165) is 13.0 Å². The molecule has 1 N–H and O–H groups in total. The third-order valence-electron chi connectivity index (χ3n) is 3.63. The van der Waals surface area contributed by atoms with E-state index >= 15 is 0 Å². The van der Waals surface area contributed by atoms with E-state index < -0.39 is 0 Å². The van der Waals surface area contributed by atoms with Gasteiger partial charge < -0.3 is 10.1 Å². The summed E-state index contributed by atoms with van der Waals surface area (Å²) in [5, 5.41) is 4.16. The Morgan fingerprint density at radius 2 is 2.22 bits per heavy atom. The number of rotatable bonds is 6. The topological polar surface area (TPSA) is 38.3 Å². The fraction of sp³-hybridized carbons (Fsp3) is 0.929. The molecule has 1 rings (SSSR count). The number of carbonyl (C=O) groups excluding carboxylic acids is 1. The Labute approximate surface area is 115 Å². The zero-order valence-corrected chi connectivity index (χ0v) is 12.9. The average molecular weight is 273 g/mol. The van der Waals surface area contributed by atoms with Crippen LogP contribution in [0.1, 0.15) is 46.5 Å². The molecule has 1 aliphatic carbocycles. The highest BCUT2D eigenvalue weighted by Crippen LogP contribution is 2.40. The van der Waals surface area contributed by atoms with Crippen molar-refractivity contribution < 1.29 is 9.53 Å². The second kappa shape index (κ2) is 7.39. The maximum Gasteiger partial charge on any atom is 0.315 e. The van der Waals surface area contributed by atoms with E-state index in [1.54, 1.807) is 11.8 Å². The SMILES string of the molecule is CCCNC1CCC(C)(C)CC1SCC(=O)OC. The summed E-state index contributed by atoms with van der Waals surface area (Å²) >= 11 is 1.75. The summed E-state index contributed by atoms with van der Waals surface area (Å²) in [7, 11) is 1.46. The lowest BCUT2D eigenvalue weighted by molar-refractivity contribution is -0.137. The molecular formula is C14H27NO2S. The van der Waals surface area contributed by atoms with Crippen LogP contribution in [0.25, 0.3) is 0 Å². The fourth-order valence-electron chi connectivity index (χ4n) is 2.49. The number of thioether (sulfide) groups is 1. The van der Waals surface area contributed by atoms with E-state index in [2.05, 4.69) is 26.1 Å². The van der Waals surface area contributed by atoms with Crippen molar-refractivity contribution in [3.05, 3.63) is 0 Å².